The maximum atomic E-state index is 12.2. The zero-order chi connectivity index (χ0) is 16.2. The first kappa shape index (κ1) is 15.3. The maximum Gasteiger partial charge on any atom is 0.257 e. The molecule has 0 aliphatic carbocycles. The summed E-state index contributed by atoms with van der Waals surface area (Å²) < 4.78 is 1.63. The smallest absolute Gasteiger partial charge is 0.257 e. The van der Waals surface area contributed by atoms with Crippen molar-refractivity contribution in [3.63, 3.8) is 0 Å². The Balaban J connectivity index is 1.67. The highest BCUT2D eigenvalue weighted by molar-refractivity contribution is 7.15. The van der Waals surface area contributed by atoms with Gasteiger partial charge in [-0.25, -0.2) is 9.67 Å². The molecular weight excluding hydrogens is 312 g/mol. The monoisotopic (exact) mass is 328 g/mol. The van der Waals surface area contributed by atoms with Gasteiger partial charge in [-0.1, -0.05) is 25.2 Å². The van der Waals surface area contributed by atoms with Gasteiger partial charge in [0.15, 0.2) is 0 Å². The van der Waals surface area contributed by atoms with Gasteiger partial charge in [0, 0.05) is 12.0 Å². The molecule has 0 aliphatic heterocycles. The Morgan fingerprint density at radius 1 is 1.26 bits per heavy atom. The number of rotatable bonds is 5. The van der Waals surface area contributed by atoms with E-state index >= 15 is 0 Å². The minimum atomic E-state index is -0.206. The number of nitrogens with one attached hydrogen (secondary N) is 1. The first-order valence-corrected chi connectivity index (χ1v) is 8.02. The topological polar surface area (TPSA) is 85.6 Å². The quantitative estimate of drug-likeness (QED) is 0.778. The largest absolute Gasteiger partial charge is 0.296 e. The van der Waals surface area contributed by atoms with Crippen molar-refractivity contribution in [2.24, 2.45) is 5.92 Å². The van der Waals surface area contributed by atoms with E-state index in [1.807, 2.05) is 12.1 Å². The van der Waals surface area contributed by atoms with Crippen LogP contribution < -0.4 is 5.32 Å². The van der Waals surface area contributed by atoms with Crippen LogP contribution in [0.3, 0.4) is 0 Å². The van der Waals surface area contributed by atoms with E-state index in [0.717, 1.165) is 17.1 Å². The zero-order valence-electron chi connectivity index (χ0n) is 12.8. The molecule has 1 amide bonds. The summed E-state index contributed by atoms with van der Waals surface area (Å²) in [6.45, 7) is 4.24. The van der Waals surface area contributed by atoms with E-state index in [2.05, 4.69) is 39.4 Å². The standard InChI is InChI=1S/C15H16N6OS/c1-10(2)7-13-19-20-15(23-13)18-14(22)11-3-5-12(6-4-11)21-9-16-8-17-21/h3-6,8-10H,7H2,1-2H3,(H,18,20,22). The summed E-state index contributed by atoms with van der Waals surface area (Å²) in [7, 11) is 0. The summed E-state index contributed by atoms with van der Waals surface area (Å²) in [5, 5.41) is 16.4. The molecule has 1 N–H and O–H groups in total. The fourth-order valence-corrected chi connectivity index (χ4v) is 2.96. The van der Waals surface area contributed by atoms with E-state index in [9.17, 15) is 4.79 Å². The lowest BCUT2D eigenvalue weighted by molar-refractivity contribution is 0.102. The van der Waals surface area contributed by atoms with E-state index in [1.165, 1.54) is 17.7 Å². The number of carbonyl (C=O) groups is 1. The van der Waals surface area contributed by atoms with Crippen LogP contribution in [-0.2, 0) is 6.42 Å². The van der Waals surface area contributed by atoms with Crippen molar-refractivity contribution in [1.29, 1.82) is 0 Å². The third-order valence-electron chi connectivity index (χ3n) is 3.08. The number of benzene rings is 1. The summed E-state index contributed by atoms with van der Waals surface area (Å²) in [5.74, 6) is 0.304. The van der Waals surface area contributed by atoms with E-state index in [1.54, 1.807) is 23.1 Å². The molecule has 3 aromatic rings. The molecule has 0 saturated heterocycles. The van der Waals surface area contributed by atoms with Crippen LogP contribution >= 0.6 is 11.3 Å². The average molecular weight is 328 g/mol. The fourth-order valence-electron chi connectivity index (χ4n) is 2.01. The molecule has 7 nitrogen and oxygen atoms in total. The Kier molecular flexibility index (Phi) is 4.42. The molecule has 8 heteroatoms. The zero-order valence-corrected chi connectivity index (χ0v) is 13.6. The number of hydrogen-bond acceptors (Lipinski definition) is 6. The molecule has 1 aromatic carbocycles. The molecule has 0 atom stereocenters. The summed E-state index contributed by atoms with van der Waals surface area (Å²) in [4.78, 5) is 16.1. The van der Waals surface area contributed by atoms with Crippen LogP contribution in [0.1, 0.15) is 29.2 Å². The number of aromatic nitrogens is 5. The summed E-state index contributed by atoms with van der Waals surface area (Å²) >= 11 is 1.41. The van der Waals surface area contributed by atoms with Gasteiger partial charge >= 0.3 is 0 Å². The highest BCUT2D eigenvalue weighted by atomic mass is 32.1. The van der Waals surface area contributed by atoms with Crippen molar-refractivity contribution in [1.82, 2.24) is 25.0 Å². The van der Waals surface area contributed by atoms with Gasteiger partial charge in [-0.15, -0.1) is 10.2 Å². The van der Waals surface area contributed by atoms with Gasteiger partial charge in [0.1, 0.15) is 17.7 Å². The van der Waals surface area contributed by atoms with Gasteiger partial charge in [-0.3, -0.25) is 10.1 Å². The molecular formula is C15H16N6OS. The second-order valence-electron chi connectivity index (χ2n) is 5.44. The summed E-state index contributed by atoms with van der Waals surface area (Å²) in [6, 6.07) is 7.10. The number of amides is 1. The third-order valence-corrected chi connectivity index (χ3v) is 3.94. The van der Waals surface area contributed by atoms with Crippen LogP contribution in [0.25, 0.3) is 5.69 Å². The lowest BCUT2D eigenvalue weighted by atomic mass is 10.1. The lowest BCUT2D eigenvalue weighted by Crippen LogP contribution is -2.11. The lowest BCUT2D eigenvalue weighted by Gasteiger charge is -2.03. The fraction of sp³-hybridized carbons (Fsp3) is 0.267. The number of anilines is 1. The number of carbonyl (C=O) groups excluding carboxylic acids is 1. The molecule has 3 rings (SSSR count). The third kappa shape index (κ3) is 3.78. The Hall–Kier alpha value is -2.61. The molecule has 2 heterocycles. The number of hydrogen-bond donors (Lipinski definition) is 1. The van der Waals surface area contributed by atoms with Crippen LogP contribution in [0.2, 0.25) is 0 Å². The van der Waals surface area contributed by atoms with Gasteiger partial charge in [-0.05, 0) is 30.2 Å². The molecule has 0 saturated carbocycles. The van der Waals surface area contributed by atoms with Gasteiger partial charge in [0.25, 0.3) is 5.91 Å². The van der Waals surface area contributed by atoms with Gasteiger partial charge in [0.05, 0.1) is 5.69 Å². The average Bonchev–Trinajstić information content (AvgIpc) is 3.19. The van der Waals surface area contributed by atoms with Gasteiger partial charge < -0.3 is 0 Å². The predicted molar refractivity (Wildman–Crippen MR) is 87.8 cm³/mol. The van der Waals surface area contributed by atoms with Crippen molar-refractivity contribution in [2.75, 3.05) is 5.32 Å². The minimum absolute atomic E-state index is 0.206. The second kappa shape index (κ2) is 6.66. The molecule has 0 fully saturated rings. The van der Waals surface area contributed by atoms with Crippen molar-refractivity contribution >= 4 is 22.4 Å². The summed E-state index contributed by atoms with van der Waals surface area (Å²) in [6.07, 6.45) is 3.93. The van der Waals surface area contributed by atoms with E-state index in [0.29, 0.717) is 16.6 Å². The summed E-state index contributed by atoms with van der Waals surface area (Å²) in [5.41, 5.74) is 1.39. The molecule has 0 spiro atoms. The first-order chi connectivity index (χ1) is 11.1. The first-order valence-electron chi connectivity index (χ1n) is 7.20. The predicted octanol–water partition coefficient (Wildman–Crippen LogP) is 2.57. The van der Waals surface area contributed by atoms with E-state index < -0.39 is 0 Å². The van der Waals surface area contributed by atoms with Crippen LogP contribution in [0.15, 0.2) is 36.9 Å². The highest BCUT2D eigenvalue weighted by Gasteiger charge is 2.11. The SMILES string of the molecule is CC(C)Cc1nnc(NC(=O)c2ccc(-n3cncn3)cc2)s1. The Bertz CT molecular complexity index is 779. The molecule has 0 unspecified atom stereocenters. The minimum Gasteiger partial charge on any atom is -0.296 e. The molecule has 0 radical (unpaired) electrons. The van der Waals surface area contributed by atoms with Crippen LogP contribution in [-0.4, -0.2) is 30.9 Å². The van der Waals surface area contributed by atoms with Crippen LogP contribution in [0.4, 0.5) is 5.13 Å². The van der Waals surface area contributed by atoms with Crippen molar-refractivity contribution in [3.8, 4) is 5.69 Å². The molecule has 0 aliphatic rings. The molecule has 0 bridgehead atoms. The van der Waals surface area contributed by atoms with Crippen LogP contribution in [0, 0.1) is 5.92 Å². The van der Waals surface area contributed by atoms with Crippen molar-refractivity contribution in [2.45, 2.75) is 20.3 Å². The van der Waals surface area contributed by atoms with E-state index in [-0.39, 0.29) is 5.91 Å². The van der Waals surface area contributed by atoms with Gasteiger partial charge in [-0.2, -0.15) is 5.10 Å². The number of nitrogens with zero attached hydrogens (tertiary/aromatic N) is 5. The van der Waals surface area contributed by atoms with Crippen LogP contribution in [0.5, 0.6) is 0 Å². The molecule has 2 aromatic heterocycles. The van der Waals surface area contributed by atoms with Crippen molar-refractivity contribution < 1.29 is 4.79 Å². The normalized spacial score (nSPS) is 10.9. The molecule has 118 valence electrons. The highest BCUT2D eigenvalue weighted by Crippen LogP contribution is 2.19. The maximum absolute atomic E-state index is 12.2. The Morgan fingerprint density at radius 3 is 2.70 bits per heavy atom. The van der Waals surface area contributed by atoms with E-state index in [4.69, 9.17) is 0 Å². The van der Waals surface area contributed by atoms with Gasteiger partial charge in [0.2, 0.25) is 5.13 Å². The second-order valence-corrected chi connectivity index (χ2v) is 6.50. The van der Waals surface area contributed by atoms with Crippen molar-refractivity contribution in [3.05, 3.63) is 47.5 Å². The Labute approximate surface area is 137 Å². The Morgan fingerprint density at radius 2 is 2.04 bits per heavy atom. The molecule has 23 heavy (non-hydrogen) atoms.